The molecule has 1 aromatic heterocycles. The van der Waals surface area contributed by atoms with Gasteiger partial charge in [0, 0.05) is 17.7 Å². The molecule has 7 heteroatoms. The van der Waals surface area contributed by atoms with Gasteiger partial charge >= 0.3 is 0 Å². The van der Waals surface area contributed by atoms with Crippen LogP contribution in [0.25, 0.3) is 11.1 Å². The van der Waals surface area contributed by atoms with Crippen LogP contribution < -0.4 is 0 Å². The van der Waals surface area contributed by atoms with E-state index in [-0.39, 0.29) is 17.1 Å². The van der Waals surface area contributed by atoms with E-state index in [1.807, 2.05) is 6.07 Å². The molecule has 7 nitrogen and oxygen atoms in total. The van der Waals surface area contributed by atoms with Crippen molar-refractivity contribution in [2.75, 3.05) is 0 Å². The Bertz CT molecular complexity index is 967. The highest BCUT2D eigenvalue weighted by Crippen LogP contribution is 2.26. The lowest BCUT2D eigenvalue weighted by Gasteiger charge is -2.07. The summed E-state index contributed by atoms with van der Waals surface area (Å²) in [4.78, 5) is 27.1. The smallest absolute Gasteiger partial charge is 0.269 e. The fourth-order valence-electron chi connectivity index (χ4n) is 2.43. The molecule has 3 rings (SSSR count). The SMILES string of the molecule is Cc1cc([N+](=O)[O-])ccc1C(=O)C(C#N)c1nc2ccccc2o1. The number of ketones is 1. The van der Waals surface area contributed by atoms with E-state index in [2.05, 4.69) is 4.98 Å². The van der Waals surface area contributed by atoms with Gasteiger partial charge in [-0.15, -0.1) is 0 Å². The molecule has 0 saturated heterocycles. The molecule has 118 valence electrons. The van der Waals surface area contributed by atoms with Crippen LogP contribution in [-0.4, -0.2) is 15.7 Å². The highest BCUT2D eigenvalue weighted by Gasteiger charge is 2.28. The summed E-state index contributed by atoms with van der Waals surface area (Å²) in [5, 5.41) is 20.2. The van der Waals surface area contributed by atoms with Gasteiger partial charge in [0.1, 0.15) is 5.52 Å². The van der Waals surface area contributed by atoms with Gasteiger partial charge in [0.2, 0.25) is 5.89 Å². The number of hydrogen-bond donors (Lipinski definition) is 0. The Morgan fingerprint density at radius 2 is 2.08 bits per heavy atom. The average Bonchev–Trinajstić information content (AvgIpc) is 2.98. The molecule has 0 aliphatic rings. The van der Waals surface area contributed by atoms with Gasteiger partial charge in [0.05, 0.1) is 11.0 Å². The van der Waals surface area contributed by atoms with Gasteiger partial charge in [-0.1, -0.05) is 12.1 Å². The lowest BCUT2D eigenvalue weighted by atomic mass is 9.95. The first-order chi connectivity index (χ1) is 11.5. The highest BCUT2D eigenvalue weighted by molar-refractivity contribution is 6.03. The van der Waals surface area contributed by atoms with Gasteiger partial charge in [0.15, 0.2) is 17.3 Å². The first kappa shape index (κ1) is 15.4. The summed E-state index contributed by atoms with van der Waals surface area (Å²) in [7, 11) is 0. The minimum Gasteiger partial charge on any atom is -0.439 e. The molecule has 0 aliphatic heterocycles. The summed E-state index contributed by atoms with van der Waals surface area (Å²) >= 11 is 0. The van der Waals surface area contributed by atoms with Crippen LogP contribution in [0.5, 0.6) is 0 Å². The number of nitro benzene ring substituents is 1. The van der Waals surface area contributed by atoms with E-state index in [4.69, 9.17) is 4.42 Å². The van der Waals surface area contributed by atoms with E-state index in [0.717, 1.165) is 0 Å². The maximum absolute atomic E-state index is 12.7. The zero-order chi connectivity index (χ0) is 17.3. The molecule has 3 aromatic rings. The van der Waals surface area contributed by atoms with Crippen LogP contribution in [-0.2, 0) is 0 Å². The molecule has 0 amide bonds. The largest absolute Gasteiger partial charge is 0.439 e. The number of non-ortho nitro benzene ring substituents is 1. The first-order valence-corrected chi connectivity index (χ1v) is 7.05. The number of oxazole rings is 1. The molecule has 2 aromatic carbocycles. The van der Waals surface area contributed by atoms with Crippen molar-refractivity contribution in [1.29, 1.82) is 5.26 Å². The molecular formula is C17H11N3O4. The van der Waals surface area contributed by atoms with Gasteiger partial charge < -0.3 is 4.42 Å². The number of benzene rings is 2. The number of Topliss-reactive ketones (excluding diaryl/α,β-unsaturated/α-hetero) is 1. The van der Waals surface area contributed by atoms with Crippen LogP contribution in [0.4, 0.5) is 5.69 Å². The number of aryl methyl sites for hydroxylation is 1. The normalized spacial score (nSPS) is 11.8. The van der Waals surface area contributed by atoms with Crippen molar-refractivity contribution in [1.82, 2.24) is 4.98 Å². The molecule has 0 saturated carbocycles. The number of carbonyl (C=O) groups excluding carboxylic acids is 1. The van der Waals surface area contributed by atoms with Crippen molar-refractivity contribution in [3.8, 4) is 6.07 Å². The van der Waals surface area contributed by atoms with Crippen molar-refractivity contribution in [3.63, 3.8) is 0 Å². The van der Waals surface area contributed by atoms with E-state index in [1.165, 1.54) is 18.2 Å². The summed E-state index contributed by atoms with van der Waals surface area (Å²) in [5.41, 5.74) is 1.58. The first-order valence-electron chi connectivity index (χ1n) is 7.05. The number of aromatic nitrogens is 1. The Labute approximate surface area is 136 Å². The van der Waals surface area contributed by atoms with Crippen LogP contribution in [0, 0.1) is 28.4 Å². The molecule has 0 N–H and O–H groups in total. The van der Waals surface area contributed by atoms with Crippen molar-refractivity contribution in [2.45, 2.75) is 12.8 Å². The molecule has 0 bridgehead atoms. The number of para-hydroxylation sites is 2. The monoisotopic (exact) mass is 321 g/mol. The predicted molar refractivity (Wildman–Crippen MR) is 84.5 cm³/mol. The zero-order valence-corrected chi connectivity index (χ0v) is 12.6. The Hall–Kier alpha value is -3.53. The van der Waals surface area contributed by atoms with Crippen LogP contribution in [0.15, 0.2) is 46.9 Å². The lowest BCUT2D eigenvalue weighted by molar-refractivity contribution is -0.384. The second-order valence-corrected chi connectivity index (χ2v) is 5.20. The van der Waals surface area contributed by atoms with E-state index in [1.54, 1.807) is 31.2 Å². The molecule has 0 aliphatic carbocycles. The summed E-state index contributed by atoms with van der Waals surface area (Å²) in [6.45, 7) is 1.58. The lowest BCUT2D eigenvalue weighted by Crippen LogP contribution is -2.13. The average molecular weight is 321 g/mol. The molecule has 24 heavy (non-hydrogen) atoms. The Balaban J connectivity index is 2.00. The Morgan fingerprint density at radius 3 is 2.71 bits per heavy atom. The van der Waals surface area contributed by atoms with Gasteiger partial charge in [-0.3, -0.25) is 14.9 Å². The van der Waals surface area contributed by atoms with Gasteiger partial charge in [-0.2, -0.15) is 5.26 Å². The molecule has 0 radical (unpaired) electrons. The van der Waals surface area contributed by atoms with Crippen LogP contribution in [0.3, 0.4) is 0 Å². The van der Waals surface area contributed by atoms with Gasteiger partial charge in [0.25, 0.3) is 5.69 Å². The third-order valence-corrected chi connectivity index (χ3v) is 3.63. The number of nitriles is 1. The number of nitrogens with zero attached hydrogens (tertiary/aromatic N) is 3. The fourth-order valence-corrected chi connectivity index (χ4v) is 2.43. The number of rotatable bonds is 4. The van der Waals surface area contributed by atoms with E-state index in [0.29, 0.717) is 16.7 Å². The predicted octanol–water partition coefficient (Wildman–Crippen LogP) is 3.53. The van der Waals surface area contributed by atoms with Crippen molar-refractivity contribution in [2.24, 2.45) is 0 Å². The molecule has 1 heterocycles. The number of hydrogen-bond acceptors (Lipinski definition) is 6. The molecule has 1 atom stereocenters. The summed E-state index contributed by atoms with van der Waals surface area (Å²) in [5.74, 6) is -1.70. The van der Waals surface area contributed by atoms with Crippen LogP contribution >= 0.6 is 0 Å². The quantitative estimate of drug-likeness (QED) is 0.413. The Morgan fingerprint density at radius 1 is 1.33 bits per heavy atom. The molecular weight excluding hydrogens is 310 g/mol. The minimum absolute atomic E-state index is 0.0152. The van der Waals surface area contributed by atoms with E-state index in [9.17, 15) is 20.2 Å². The number of fused-ring (bicyclic) bond motifs is 1. The maximum Gasteiger partial charge on any atom is 0.269 e. The van der Waals surface area contributed by atoms with Crippen molar-refractivity contribution >= 4 is 22.6 Å². The number of nitro groups is 1. The highest BCUT2D eigenvalue weighted by atomic mass is 16.6. The van der Waals surface area contributed by atoms with Crippen molar-refractivity contribution < 1.29 is 14.1 Å². The Kier molecular flexibility index (Phi) is 3.80. The van der Waals surface area contributed by atoms with Gasteiger partial charge in [-0.25, -0.2) is 4.98 Å². The topological polar surface area (TPSA) is 110 Å². The third-order valence-electron chi connectivity index (χ3n) is 3.63. The van der Waals surface area contributed by atoms with Gasteiger partial charge in [-0.05, 0) is 30.7 Å². The second kappa shape index (κ2) is 5.93. The third kappa shape index (κ3) is 2.61. The second-order valence-electron chi connectivity index (χ2n) is 5.20. The van der Waals surface area contributed by atoms with Crippen molar-refractivity contribution in [3.05, 3.63) is 69.6 Å². The molecule has 0 spiro atoms. The minimum atomic E-state index is -1.21. The summed E-state index contributed by atoms with van der Waals surface area (Å²) < 4.78 is 5.50. The molecule has 1 unspecified atom stereocenters. The van der Waals surface area contributed by atoms with Crippen LogP contribution in [0.1, 0.15) is 27.7 Å². The zero-order valence-electron chi connectivity index (χ0n) is 12.6. The van der Waals surface area contributed by atoms with E-state index < -0.39 is 16.6 Å². The van der Waals surface area contributed by atoms with Crippen LogP contribution in [0.2, 0.25) is 0 Å². The van der Waals surface area contributed by atoms with E-state index >= 15 is 0 Å². The standard InChI is InChI=1S/C17H11N3O4/c1-10-8-11(20(22)23)6-7-12(10)16(21)13(9-18)17-19-14-4-2-3-5-15(14)24-17/h2-8,13H,1H3. The fraction of sp³-hybridized carbons (Fsp3) is 0.118. The summed E-state index contributed by atoms with van der Waals surface area (Å²) in [6, 6.07) is 12.7. The number of carbonyl (C=O) groups is 1. The molecule has 0 fully saturated rings. The summed E-state index contributed by atoms with van der Waals surface area (Å²) in [6.07, 6.45) is 0. The maximum atomic E-state index is 12.7.